The van der Waals surface area contributed by atoms with Crippen molar-refractivity contribution in [2.24, 2.45) is 0 Å². The first-order valence-corrected chi connectivity index (χ1v) is 10.0. The lowest BCUT2D eigenvalue weighted by atomic mass is 9.96. The molecule has 132 valence electrons. The maximum Gasteiger partial charge on any atom is 0.255 e. The number of hydrogen-bond donors (Lipinski definition) is 2. The van der Waals surface area contributed by atoms with Crippen LogP contribution >= 0.6 is 0 Å². The first-order chi connectivity index (χ1) is 12.0. The summed E-state index contributed by atoms with van der Waals surface area (Å²) in [5.74, 6) is -0.332. The molecule has 0 spiro atoms. The van der Waals surface area contributed by atoms with Crippen LogP contribution in [0.4, 0.5) is 5.69 Å². The summed E-state index contributed by atoms with van der Waals surface area (Å²) in [5.41, 5.74) is 0.983. The van der Waals surface area contributed by atoms with Gasteiger partial charge in [-0.3, -0.25) is 4.79 Å². The Morgan fingerprint density at radius 2 is 1.64 bits per heavy atom. The molecule has 1 saturated carbocycles. The maximum absolute atomic E-state index is 12.6. The number of benzene rings is 2. The summed E-state index contributed by atoms with van der Waals surface area (Å²) in [6.45, 7) is 0. The van der Waals surface area contributed by atoms with Gasteiger partial charge in [-0.25, -0.2) is 13.1 Å². The molecule has 0 heterocycles. The van der Waals surface area contributed by atoms with Crippen LogP contribution in [0.25, 0.3) is 0 Å². The highest BCUT2D eigenvalue weighted by molar-refractivity contribution is 7.89. The number of carbonyl (C=O) groups excluding carboxylic acids is 1. The van der Waals surface area contributed by atoms with E-state index in [1.54, 1.807) is 24.3 Å². The third-order valence-electron chi connectivity index (χ3n) is 4.37. The van der Waals surface area contributed by atoms with Gasteiger partial charge in [0.15, 0.2) is 0 Å². The lowest BCUT2D eigenvalue weighted by Gasteiger charge is -2.22. The molecule has 2 aromatic rings. The van der Waals surface area contributed by atoms with Crippen molar-refractivity contribution >= 4 is 21.6 Å². The van der Waals surface area contributed by atoms with Crippen molar-refractivity contribution in [1.29, 1.82) is 0 Å². The van der Waals surface area contributed by atoms with Crippen LogP contribution in [0.2, 0.25) is 0 Å². The van der Waals surface area contributed by atoms with E-state index in [1.165, 1.54) is 12.1 Å². The van der Waals surface area contributed by atoms with Gasteiger partial charge in [-0.1, -0.05) is 43.5 Å². The average molecular weight is 358 g/mol. The molecule has 0 saturated heterocycles. The molecular formula is C19H22N2O3S. The van der Waals surface area contributed by atoms with E-state index in [0.717, 1.165) is 32.1 Å². The first-order valence-electron chi connectivity index (χ1n) is 8.53. The second-order valence-corrected chi connectivity index (χ2v) is 8.02. The van der Waals surface area contributed by atoms with Gasteiger partial charge in [0.2, 0.25) is 10.0 Å². The van der Waals surface area contributed by atoms with E-state index in [9.17, 15) is 13.2 Å². The summed E-state index contributed by atoms with van der Waals surface area (Å²) in [6, 6.07) is 15.2. The van der Waals surface area contributed by atoms with Gasteiger partial charge in [-0.05, 0) is 43.2 Å². The Labute approximate surface area is 148 Å². The van der Waals surface area contributed by atoms with E-state index < -0.39 is 10.0 Å². The number of sulfonamides is 1. The largest absolute Gasteiger partial charge is 0.322 e. The van der Waals surface area contributed by atoms with Crippen LogP contribution in [-0.4, -0.2) is 20.4 Å². The highest BCUT2D eigenvalue weighted by atomic mass is 32.2. The molecule has 5 nitrogen and oxygen atoms in total. The number of nitrogens with one attached hydrogen (secondary N) is 2. The van der Waals surface area contributed by atoms with E-state index in [1.807, 2.05) is 18.2 Å². The lowest BCUT2D eigenvalue weighted by Crippen LogP contribution is -2.36. The Morgan fingerprint density at radius 3 is 2.36 bits per heavy atom. The zero-order valence-corrected chi connectivity index (χ0v) is 14.8. The molecule has 1 amide bonds. The molecule has 1 aliphatic carbocycles. The first kappa shape index (κ1) is 17.6. The van der Waals surface area contributed by atoms with Gasteiger partial charge in [0.1, 0.15) is 0 Å². The number of amides is 1. The normalized spacial score (nSPS) is 15.7. The summed E-state index contributed by atoms with van der Waals surface area (Å²) < 4.78 is 27.9. The van der Waals surface area contributed by atoms with Crippen LogP contribution in [0.15, 0.2) is 59.5 Å². The number of para-hydroxylation sites is 1. The summed E-state index contributed by atoms with van der Waals surface area (Å²) in [7, 11) is -3.62. The van der Waals surface area contributed by atoms with Gasteiger partial charge in [0.25, 0.3) is 5.91 Å². The highest BCUT2D eigenvalue weighted by Gasteiger charge is 2.22. The quantitative estimate of drug-likeness (QED) is 0.858. The van der Waals surface area contributed by atoms with Crippen molar-refractivity contribution < 1.29 is 13.2 Å². The van der Waals surface area contributed by atoms with Crippen LogP contribution < -0.4 is 10.0 Å². The molecule has 1 aliphatic rings. The van der Waals surface area contributed by atoms with Gasteiger partial charge in [-0.2, -0.15) is 0 Å². The Kier molecular flexibility index (Phi) is 5.50. The second kappa shape index (κ2) is 7.80. The minimum atomic E-state index is -3.62. The smallest absolute Gasteiger partial charge is 0.255 e. The molecule has 1 fully saturated rings. The number of carbonyl (C=O) groups is 1. The molecule has 3 rings (SSSR count). The molecule has 0 radical (unpaired) electrons. The summed E-state index contributed by atoms with van der Waals surface area (Å²) >= 11 is 0. The Hall–Kier alpha value is -2.18. The fraction of sp³-hybridized carbons (Fsp3) is 0.316. The zero-order valence-electron chi connectivity index (χ0n) is 13.9. The van der Waals surface area contributed by atoms with Crippen LogP contribution in [0, 0.1) is 0 Å². The molecule has 0 unspecified atom stereocenters. The van der Waals surface area contributed by atoms with E-state index in [2.05, 4.69) is 10.0 Å². The lowest BCUT2D eigenvalue weighted by molar-refractivity contribution is 0.102. The molecule has 0 aromatic heterocycles. The fourth-order valence-electron chi connectivity index (χ4n) is 3.04. The van der Waals surface area contributed by atoms with E-state index in [4.69, 9.17) is 0 Å². The minimum Gasteiger partial charge on any atom is -0.322 e. The van der Waals surface area contributed by atoms with Crippen molar-refractivity contribution in [3.8, 4) is 0 Å². The van der Waals surface area contributed by atoms with Crippen molar-refractivity contribution in [3.05, 3.63) is 60.2 Å². The SMILES string of the molecule is O=C(Nc1ccccc1)c1cccc(S(=O)(=O)NC2CCCCC2)c1. The van der Waals surface area contributed by atoms with Crippen LogP contribution in [0.3, 0.4) is 0 Å². The molecule has 2 N–H and O–H groups in total. The van der Waals surface area contributed by atoms with E-state index in [-0.39, 0.29) is 16.8 Å². The fourth-order valence-corrected chi connectivity index (χ4v) is 4.39. The standard InChI is InChI=1S/C19H22N2O3S/c22-19(20-16-9-3-1-4-10-16)15-8-7-13-18(14-15)25(23,24)21-17-11-5-2-6-12-17/h1,3-4,7-10,13-14,17,21H,2,5-6,11-12H2,(H,20,22). The van der Waals surface area contributed by atoms with Gasteiger partial charge < -0.3 is 5.32 Å². The third kappa shape index (κ3) is 4.67. The Bertz CT molecular complexity index is 829. The van der Waals surface area contributed by atoms with Crippen molar-refractivity contribution in [1.82, 2.24) is 4.72 Å². The summed E-state index contributed by atoms with van der Waals surface area (Å²) in [4.78, 5) is 12.5. The van der Waals surface area contributed by atoms with Crippen LogP contribution in [0.1, 0.15) is 42.5 Å². The Balaban J connectivity index is 1.75. The molecule has 0 atom stereocenters. The molecule has 0 aliphatic heterocycles. The number of rotatable bonds is 5. The van der Waals surface area contributed by atoms with Gasteiger partial charge in [-0.15, -0.1) is 0 Å². The van der Waals surface area contributed by atoms with Gasteiger partial charge in [0, 0.05) is 17.3 Å². The second-order valence-electron chi connectivity index (χ2n) is 6.30. The molecule has 6 heteroatoms. The third-order valence-corrected chi connectivity index (χ3v) is 5.88. The molecular weight excluding hydrogens is 336 g/mol. The van der Waals surface area contributed by atoms with Crippen molar-refractivity contribution in [2.75, 3.05) is 5.32 Å². The molecule has 25 heavy (non-hydrogen) atoms. The predicted molar refractivity (Wildman–Crippen MR) is 98.0 cm³/mol. The summed E-state index contributed by atoms with van der Waals surface area (Å²) in [6.07, 6.45) is 4.99. The van der Waals surface area contributed by atoms with Crippen molar-refractivity contribution in [2.45, 2.75) is 43.0 Å². The number of anilines is 1. The topological polar surface area (TPSA) is 75.3 Å². The van der Waals surface area contributed by atoms with E-state index >= 15 is 0 Å². The van der Waals surface area contributed by atoms with E-state index in [0.29, 0.717) is 11.3 Å². The monoisotopic (exact) mass is 358 g/mol. The average Bonchev–Trinajstić information content (AvgIpc) is 2.63. The minimum absolute atomic E-state index is 0.0134. The zero-order chi connectivity index (χ0) is 17.7. The van der Waals surface area contributed by atoms with Gasteiger partial charge >= 0.3 is 0 Å². The predicted octanol–water partition coefficient (Wildman–Crippen LogP) is 3.55. The Morgan fingerprint density at radius 1 is 0.920 bits per heavy atom. The maximum atomic E-state index is 12.6. The van der Waals surface area contributed by atoms with Gasteiger partial charge in [0.05, 0.1) is 4.90 Å². The number of hydrogen-bond acceptors (Lipinski definition) is 3. The van der Waals surface area contributed by atoms with Crippen LogP contribution in [-0.2, 0) is 10.0 Å². The van der Waals surface area contributed by atoms with Crippen molar-refractivity contribution in [3.63, 3.8) is 0 Å². The molecule has 2 aromatic carbocycles. The molecule has 0 bridgehead atoms. The highest BCUT2D eigenvalue weighted by Crippen LogP contribution is 2.20. The summed E-state index contributed by atoms with van der Waals surface area (Å²) in [5, 5.41) is 2.76. The van der Waals surface area contributed by atoms with Crippen LogP contribution in [0.5, 0.6) is 0 Å².